The molecule has 1 aliphatic rings. The summed E-state index contributed by atoms with van der Waals surface area (Å²) in [6.07, 6.45) is 1.81. The third-order valence-corrected chi connectivity index (χ3v) is 6.76. The number of hydrogen-bond donors (Lipinski definition) is 0. The minimum atomic E-state index is -0.519. The molecule has 2 aromatic heterocycles. The number of hydrogen-bond acceptors (Lipinski definition) is 4. The van der Waals surface area contributed by atoms with Crippen LogP contribution in [0.5, 0.6) is 5.75 Å². The molecule has 7 heteroatoms. The molecule has 0 atom stereocenters. The maximum Gasteiger partial charge on any atom is 0.296 e. The van der Waals surface area contributed by atoms with Crippen molar-refractivity contribution >= 4 is 28.8 Å². The Morgan fingerprint density at radius 2 is 1.66 bits per heavy atom. The van der Waals surface area contributed by atoms with Crippen molar-refractivity contribution in [2.75, 3.05) is 33.3 Å². The highest BCUT2D eigenvalue weighted by Gasteiger charge is 2.30. The molecular weight excluding hydrogens is 462 g/mol. The molecule has 1 fully saturated rings. The number of pyridine rings is 1. The van der Waals surface area contributed by atoms with Crippen LogP contribution in [-0.4, -0.2) is 59.2 Å². The van der Waals surface area contributed by atoms with Crippen molar-refractivity contribution < 1.29 is 14.3 Å². The lowest BCUT2D eigenvalue weighted by Crippen LogP contribution is -2.50. The molecule has 3 heterocycles. The summed E-state index contributed by atoms with van der Waals surface area (Å²) < 4.78 is 7.04. The number of amides is 1. The molecule has 0 radical (unpaired) electrons. The van der Waals surface area contributed by atoms with Crippen LogP contribution in [0, 0.1) is 0 Å². The predicted octanol–water partition coefficient (Wildman–Crippen LogP) is 4.80. The summed E-state index contributed by atoms with van der Waals surface area (Å²) in [5.74, 6) is -0.444. The minimum Gasteiger partial charge on any atom is -0.495 e. The van der Waals surface area contributed by atoms with Gasteiger partial charge in [0.1, 0.15) is 11.4 Å². The van der Waals surface area contributed by atoms with Gasteiger partial charge in [-0.1, -0.05) is 54.1 Å². The molecule has 0 aliphatic carbocycles. The van der Waals surface area contributed by atoms with Crippen LogP contribution in [0.1, 0.15) is 16.1 Å². The summed E-state index contributed by atoms with van der Waals surface area (Å²) in [5.41, 5.74) is 3.84. The molecule has 178 valence electrons. The maximum atomic E-state index is 13.6. The van der Waals surface area contributed by atoms with E-state index in [-0.39, 0.29) is 0 Å². The second-order valence-corrected chi connectivity index (χ2v) is 9.04. The zero-order chi connectivity index (χ0) is 24.4. The zero-order valence-corrected chi connectivity index (χ0v) is 20.2. The Hall–Kier alpha value is -3.61. The third kappa shape index (κ3) is 4.67. The number of Topliss-reactive ketones (excluding diaryl/α,β-unsaturated/α-hetero) is 1. The SMILES string of the molecule is COc1ccc(-c2cc3ccccn3c2C(=O)C(=O)N2CCN(Cc3ccccc3)CC2)cc1Cl. The van der Waals surface area contributed by atoms with E-state index in [4.69, 9.17) is 16.3 Å². The standard InChI is InChI=1S/C28H26ClN3O3/c1-35-25-11-10-21(17-24(25)29)23-18-22-9-5-6-12-32(22)26(23)27(33)28(34)31-15-13-30(14-16-31)19-20-7-3-2-4-8-20/h2-12,17-18H,13-16,19H2,1H3. The van der Waals surface area contributed by atoms with Crippen LogP contribution in [0.4, 0.5) is 0 Å². The van der Waals surface area contributed by atoms with Gasteiger partial charge < -0.3 is 14.0 Å². The summed E-state index contributed by atoms with van der Waals surface area (Å²) in [6, 6.07) is 23.2. The van der Waals surface area contributed by atoms with Crippen LogP contribution in [0.3, 0.4) is 0 Å². The number of methoxy groups -OCH3 is 1. The molecule has 5 rings (SSSR count). The maximum absolute atomic E-state index is 13.6. The molecule has 1 amide bonds. The van der Waals surface area contributed by atoms with Gasteiger partial charge in [0.2, 0.25) is 0 Å². The Kier molecular flexibility index (Phi) is 6.57. The summed E-state index contributed by atoms with van der Waals surface area (Å²) >= 11 is 6.37. The van der Waals surface area contributed by atoms with Crippen LogP contribution < -0.4 is 4.74 Å². The van der Waals surface area contributed by atoms with Crippen LogP contribution in [0.2, 0.25) is 5.02 Å². The van der Waals surface area contributed by atoms with Crippen molar-refractivity contribution in [1.82, 2.24) is 14.2 Å². The molecule has 1 saturated heterocycles. The molecule has 35 heavy (non-hydrogen) atoms. The quantitative estimate of drug-likeness (QED) is 0.290. The third-order valence-electron chi connectivity index (χ3n) is 6.46. The van der Waals surface area contributed by atoms with Crippen molar-refractivity contribution in [2.45, 2.75) is 6.54 Å². The van der Waals surface area contributed by atoms with Gasteiger partial charge in [-0.3, -0.25) is 14.5 Å². The van der Waals surface area contributed by atoms with E-state index in [9.17, 15) is 9.59 Å². The fourth-order valence-electron chi connectivity index (χ4n) is 4.60. The minimum absolute atomic E-state index is 0.346. The molecule has 0 N–H and O–H groups in total. The normalized spacial score (nSPS) is 14.3. The first-order chi connectivity index (χ1) is 17.0. The number of carbonyl (C=O) groups is 2. The summed E-state index contributed by atoms with van der Waals surface area (Å²) in [7, 11) is 1.56. The van der Waals surface area contributed by atoms with Gasteiger partial charge >= 0.3 is 0 Å². The van der Waals surface area contributed by atoms with Gasteiger partial charge in [0.15, 0.2) is 0 Å². The van der Waals surface area contributed by atoms with E-state index in [0.717, 1.165) is 30.7 Å². The number of ether oxygens (including phenoxy) is 1. The number of ketones is 1. The Bertz CT molecular complexity index is 1370. The van der Waals surface area contributed by atoms with E-state index in [1.54, 1.807) is 28.5 Å². The van der Waals surface area contributed by atoms with E-state index >= 15 is 0 Å². The molecule has 0 spiro atoms. The number of aromatic nitrogens is 1. The number of halogens is 1. The molecule has 0 unspecified atom stereocenters. The fourth-order valence-corrected chi connectivity index (χ4v) is 4.86. The van der Waals surface area contributed by atoms with Gasteiger partial charge in [-0.15, -0.1) is 0 Å². The number of rotatable bonds is 6. The average Bonchev–Trinajstić information content (AvgIpc) is 3.28. The van der Waals surface area contributed by atoms with Crippen LogP contribution >= 0.6 is 11.6 Å². The van der Waals surface area contributed by atoms with Crippen molar-refractivity contribution in [3.05, 3.63) is 95.3 Å². The van der Waals surface area contributed by atoms with Gasteiger partial charge in [0.05, 0.1) is 12.1 Å². The predicted molar refractivity (Wildman–Crippen MR) is 137 cm³/mol. The van der Waals surface area contributed by atoms with Crippen molar-refractivity contribution in [2.24, 2.45) is 0 Å². The fraction of sp³-hybridized carbons (Fsp3) is 0.214. The highest BCUT2D eigenvalue weighted by atomic mass is 35.5. The monoisotopic (exact) mass is 487 g/mol. The lowest BCUT2D eigenvalue weighted by atomic mass is 10.0. The Balaban J connectivity index is 1.39. The van der Waals surface area contributed by atoms with Crippen LogP contribution in [0.25, 0.3) is 16.6 Å². The highest BCUT2D eigenvalue weighted by molar-refractivity contribution is 6.43. The summed E-state index contributed by atoms with van der Waals surface area (Å²) in [6.45, 7) is 3.32. The highest BCUT2D eigenvalue weighted by Crippen LogP contribution is 2.34. The summed E-state index contributed by atoms with van der Waals surface area (Å²) in [5, 5.41) is 0.444. The lowest BCUT2D eigenvalue weighted by Gasteiger charge is -2.34. The first-order valence-electron chi connectivity index (χ1n) is 11.6. The Labute approximate surface area is 209 Å². The number of nitrogens with zero attached hydrogens (tertiary/aromatic N) is 3. The Morgan fingerprint density at radius 1 is 0.914 bits per heavy atom. The molecule has 0 bridgehead atoms. The molecule has 0 saturated carbocycles. The van der Waals surface area contributed by atoms with Gasteiger partial charge in [0, 0.05) is 50.0 Å². The second kappa shape index (κ2) is 9.94. The first kappa shape index (κ1) is 23.1. The van der Waals surface area contributed by atoms with E-state index in [1.165, 1.54) is 5.56 Å². The molecular formula is C28H26ClN3O3. The molecule has 4 aromatic rings. The lowest BCUT2D eigenvalue weighted by molar-refractivity contribution is -0.128. The topological polar surface area (TPSA) is 54.3 Å². The largest absolute Gasteiger partial charge is 0.495 e. The number of piperazine rings is 1. The van der Waals surface area contributed by atoms with Gasteiger partial charge in [-0.05, 0) is 41.5 Å². The van der Waals surface area contributed by atoms with Crippen molar-refractivity contribution in [3.8, 4) is 16.9 Å². The van der Waals surface area contributed by atoms with Gasteiger partial charge in [-0.25, -0.2) is 0 Å². The van der Waals surface area contributed by atoms with E-state index in [2.05, 4.69) is 17.0 Å². The van der Waals surface area contributed by atoms with Crippen LogP contribution in [0.15, 0.2) is 79.0 Å². The number of carbonyl (C=O) groups excluding carboxylic acids is 2. The van der Waals surface area contributed by atoms with Crippen molar-refractivity contribution in [3.63, 3.8) is 0 Å². The van der Waals surface area contributed by atoms with E-state index in [1.807, 2.05) is 54.7 Å². The molecule has 6 nitrogen and oxygen atoms in total. The number of fused-ring (bicyclic) bond motifs is 1. The second-order valence-electron chi connectivity index (χ2n) is 8.63. The average molecular weight is 488 g/mol. The zero-order valence-electron chi connectivity index (χ0n) is 19.5. The van der Waals surface area contributed by atoms with E-state index in [0.29, 0.717) is 35.1 Å². The smallest absolute Gasteiger partial charge is 0.296 e. The first-order valence-corrected chi connectivity index (χ1v) is 12.0. The summed E-state index contributed by atoms with van der Waals surface area (Å²) in [4.78, 5) is 30.9. The van der Waals surface area contributed by atoms with Crippen molar-refractivity contribution in [1.29, 1.82) is 0 Å². The Morgan fingerprint density at radius 3 is 2.37 bits per heavy atom. The van der Waals surface area contributed by atoms with E-state index < -0.39 is 11.7 Å². The molecule has 2 aromatic carbocycles. The number of benzene rings is 2. The van der Waals surface area contributed by atoms with Gasteiger partial charge in [-0.2, -0.15) is 0 Å². The van der Waals surface area contributed by atoms with Crippen LogP contribution in [-0.2, 0) is 11.3 Å². The van der Waals surface area contributed by atoms with Gasteiger partial charge in [0.25, 0.3) is 11.7 Å². The molecule has 1 aliphatic heterocycles.